The molecule has 0 saturated carbocycles. The van der Waals surface area contributed by atoms with Crippen LogP contribution in [-0.4, -0.2) is 4.98 Å². The summed E-state index contributed by atoms with van der Waals surface area (Å²) in [4.78, 5) is 3.28. The Bertz CT molecular complexity index is 652. The molecule has 0 saturated heterocycles. The van der Waals surface area contributed by atoms with Crippen LogP contribution in [0.2, 0.25) is 0 Å². The first-order valence-corrected chi connectivity index (χ1v) is 4.81. The van der Waals surface area contributed by atoms with E-state index in [1.165, 1.54) is 0 Å². The van der Waals surface area contributed by atoms with Crippen LogP contribution in [0, 0.1) is 0 Å². The number of hydrogen-bond donors (Lipinski definition) is 3. The molecule has 0 atom stereocenters. The summed E-state index contributed by atoms with van der Waals surface area (Å²) in [6.07, 6.45) is 0. The fourth-order valence-electron chi connectivity index (χ4n) is 1.97. The quantitative estimate of drug-likeness (QED) is 0.484. The minimum Gasteiger partial charge on any atom is -0.399 e. The Morgan fingerprint density at radius 1 is 0.933 bits per heavy atom. The largest absolute Gasteiger partial charge is 0.399 e. The first-order valence-electron chi connectivity index (χ1n) is 4.81. The molecule has 5 N–H and O–H groups in total. The molecule has 3 rings (SSSR count). The lowest BCUT2D eigenvalue weighted by Gasteiger charge is -1.94. The van der Waals surface area contributed by atoms with E-state index in [1.807, 2.05) is 30.3 Å². The van der Waals surface area contributed by atoms with Gasteiger partial charge in [-0.3, -0.25) is 0 Å². The van der Waals surface area contributed by atoms with Crippen LogP contribution in [0.3, 0.4) is 0 Å². The standard InChI is InChI=1S/C12H11N3/c13-7-4-5-8-9-2-1-3-10(14)12(9)15-11(8)6-7/h1-6,15H,13-14H2. The molecule has 0 aliphatic heterocycles. The molecule has 3 heteroatoms. The summed E-state index contributed by atoms with van der Waals surface area (Å²) in [7, 11) is 0. The van der Waals surface area contributed by atoms with Crippen molar-refractivity contribution in [2.45, 2.75) is 0 Å². The highest BCUT2D eigenvalue weighted by atomic mass is 14.7. The normalized spacial score (nSPS) is 11.2. The summed E-state index contributed by atoms with van der Waals surface area (Å²) in [5, 5.41) is 2.30. The van der Waals surface area contributed by atoms with E-state index in [1.54, 1.807) is 0 Å². The average Bonchev–Trinajstić information content (AvgIpc) is 2.57. The van der Waals surface area contributed by atoms with Gasteiger partial charge >= 0.3 is 0 Å². The third-order valence-electron chi connectivity index (χ3n) is 2.69. The van der Waals surface area contributed by atoms with Crippen LogP contribution in [0.4, 0.5) is 11.4 Å². The summed E-state index contributed by atoms with van der Waals surface area (Å²) in [6.45, 7) is 0. The van der Waals surface area contributed by atoms with E-state index in [4.69, 9.17) is 11.5 Å². The highest BCUT2D eigenvalue weighted by Gasteiger charge is 2.05. The molecule has 1 aromatic heterocycles. The maximum atomic E-state index is 5.90. The molecule has 0 aliphatic carbocycles. The number of nitrogen functional groups attached to an aromatic ring is 2. The maximum absolute atomic E-state index is 5.90. The summed E-state index contributed by atoms with van der Waals surface area (Å²) >= 11 is 0. The van der Waals surface area contributed by atoms with Gasteiger partial charge in [-0.15, -0.1) is 0 Å². The van der Waals surface area contributed by atoms with Gasteiger partial charge in [-0.1, -0.05) is 18.2 Å². The Balaban J connectivity index is 2.57. The van der Waals surface area contributed by atoms with Crippen LogP contribution in [0.15, 0.2) is 36.4 Å². The number of benzene rings is 2. The SMILES string of the molecule is Nc1ccc2c(c1)[nH]c1c(N)cccc12. The Morgan fingerprint density at radius 2 is 1.80 bits per heavy atom. The lowest BCUT2D eigenvalue weighted by atomic mass is 10.1. The number of aromatic amines is 1. The van der Waals surface area contributed by atoms with Crippen molar-refractivity contribution in [1.29, 1.82) is 0 Å². The molecule has 0 aliphatic rings. The zero-order valence-electron chi connectivity index (χ0n) is 8.12. The topological polar surface area (TPSA) is 67.8 Å². The lowest BCUT2D eigenvalue weighted by Crippen LogP contribution is -1.84. The van der Waals surface area contributed by atoms with Gasteiger partial charge in [0.1, 0.15) is 0 Å². The van der Waals surface area contributed by atoms with Gasteiger partial charge in [-0.2, -0.15) is 0 Å². The fraction of sp³-hybridized carbons (Fsp3) is 0. The van der Waals surface area contributed by atoms with E-state index in [9.17, 15) is 0 Å². The average molecular weight is 197 g/mol. The van der Waals surface area contributed by atoms with Crippen LogP contribution >= 0.6 is 0 Å². The second-order valence-electron chi connectivity index (χ2n) is 3.70. The maximum Gasteiger partial charge on any atom is 0.0698 e. The third-order valence-corrected chi connectivity index (χ3v) is 2.69. The molecule has 3 nitrogen and oxygen atoms in total. The van der Waals surface area contributed by atoms with E-state index in [-0.39, 0.29) is 0 Å². The zero-order valence-corrected chi connectivity index (χ0v) is 8.12. The number of rotatable bonds is 0. The molecule has 3 aromatic rings. The van der Waals surface area contributed by atoms with Crippen molar-refractivity contribution in [2.24, 2.45) is 0 Å². The Morgan fingerprint density at radius 3 is 2.67 bits per heavy atom. The minimum atomic E-state index is 0.757. The number of hydrogen-bond acceptors (Lipinski definition) is 2. The van der Waals surface area contributed by atoms with Crippen molar-refractivity contribution < 1.29 is 0 Å². The summed E-state index contributed by atoms with van der Waals surface area (Å²) in [6, 6.07) is 11.7. The molecule has 0 unspecified atom stereocenters. The number of H-pyrrole nitrogens is 1. The zero-order chi connectivity index (χ0) is 10.4. The van der Waals surface area contributed by atoms with Gasteiger partial charge < -0.3 is 16.5 Å². The van der Waals surface area contributed by atoms with E-state index >= 15 is 0 Å². The number of anilines is 2. The highest BCUT2D eigenvalue weighted by Crippen LogP contribution is 2.29. The highest BCUT2D eigenvalue weighted by molar-refractivity contribution is 6.11. The Kier molecular flexibility index (Phi) is 1.45. The number of nitrogens with two attached hydrogens (primary N) is 2. The minimum absolute atomic E-state index is 0.757. The fourth-order valence-corrected chi connectivity index (χ4v) is 1.97. The summed E-state index contributed by atoms with van der Waals surface area (Å²) < 4.78 is 0. The van der Waals surface area contributed by atoms with Crippen molar-refractivity contribution in [3.05, 3.63) is 36.4 Å². The van der Waals surface area contributed by atoms with Gasteiger partial charge in [0.2, 0.25) is 0 Å². The van der Waals surface area contributed by atoms with Crippen molar-refractivity contribution in [3.8, 4) is 0 Å². The van der Waals surface area contributed by atoms with Gasteiger partial charge in [-0.05, 0) is 18.2 Å². The van der Waals surface area contributed by atoms with Gasteiger partial charge in [0, 0.05) is 22.0 Å². The van der Waals surface area contributed by atoms with Crippen LogP contribution in [0.25, 0.3) is 21.8 Å². The first kappa shape index (κ1) is 8.17. The van der Waals surface area contributed by atoms with Gasteiger partial charge in [0.05, 0.1) is 11.2 Å². The first-order chi connectivity index (χ1) is 7.25. The molecule has 0 radical (unpaired) electrons. The van der Waals surface area contributed by atoms with E-state index in [0.717, 1.165) is 33.2 Å². The number of aromatic nitrogens is 1. The molecular formula is C12H11N3. The second kappa shape index (κ2) is 2.67. The smallest absolute Gasteiger partial charge is 0.0698 e. The molecular weight excluding hydrogens is 186 g/mol. The van der Waals surface area contributed by atoms with Crippen molar-refractivity contribution in [1.82, 2.24) is 4.98 Å². The molecule has 15 heavy (non-hydrogen) atoms. The molecule has 0 bridgehead atoms. The van der Waals surface area contributed by atoms with Gasteiger partial charge in [0.15, 0.2) is 0 Å². The van der Waals surface area contributed by atoms with Crippen LogP contribution in [0.5, 0.6) is 0 Å². The summed E-state index contributed by atoms with van der Waals surface area (Å²) in [5.41, 5.74) is 15.2. The number of nitrogens with one attached hydrogen (secondary N) is 1. The van der Waals surface area contributed by atoms with Crippen LogP contribution in [-0.2, 0) is 0 Å². The van der Waals surface area contributed by atoms with Crippen LogP contribution < -0.4 is 11.5 Å². The molecule has 74 valence electrons. The van der Waals surface area contributed by atoms with Gasteiger partial charge in [0.25, 0.3) is 0 Å². The van der Waals surface area contributed by atoms with E-state index in [0.29, 0.717) is 0 Å². The predicted octanol–water partition coefficient (Wildman–Crippen LogP) is 2.49. The van der Waals surface area contributed by atoms with Crippen molar-refractivity contribution in [3.63, 3.8) is 0 Å². The Labute approximate surface area is 86.7 Å². The molecule has 0 amide bonds. The number of fused-ring (bicyclic) bond motifs is 3. The lowest BCUT2D eigenvalue weighted by molar-refractivity contribution is 1.54. The molecule has 1 heterocycles. The second-order valence-corrected chi connectivity index (χ2v) is 3.70. The van der Waals surface area contributed by atoms with Crippen molar-refractivity contribution in [2.75, 3.05) is 11.5 Å². The monoisotopic (exact) mass is 197 g/mol. The molecule has 2 aromatic carbocycles. The van der Waals surface area contributed by atoms with Crippen molar-refractivity contribution >= 4 is 33.2 Å². The van der Waals surface area contributed by atoms with E-state index in [2.05, 4.69) is 11.1 Å². The van der Waals surface area contributed by atoms with E-state index < -0.39 is 0 Å². The van der Waals surface area contributed by atoms with Crippen LogP contribution in [0.1, 0.15) is 0 Å². The molecule has 0 spiro atoms. The summed E-state index contributed by atoms with van der Waals surface area (Å²) in [5.74, 6) is 0. The third kappa shape index (κ3) is 1.06. The predicted molar refractivity (Wildman–Crippen MR) is 64.6 cm³/mol. The van der Waals surface area contributed by atoms with Gasteiger partial charge in [-0.25, -0.2) is 0 Å². The Hall–Kier alpha value is -2.16. The molecule has 0 fully saturated rings. The number of para-hydroxylation sites is 1.